The van der Waals surface area contributed by atoms with Crippen LogP contribution in [-0.2, 0) is 19.4 Å². The van der Waals surface area contributed by atoms with Gasteiger partial charge in [-0.15, -0.1) is 11.3 Å². The van der Waals surface area contributed by atoms with Crippen LogP contribution in [0.2, 0.25) is 0 Å². The zero-order valence-electron chi connectivity index (χ0n) is 22.9. The molecule has 4 heterocycles. The fraction of sp³-hybridized carbons (Fsp3) is 0.538. The van der Waals surface area contributed by atoms with Crippen LogP contribution in [0.4, 0.5) is 0 Å². The van der Waals surface area contributed by atoms with Crippen molar-refractivity contribution in [2.75, 3.05) is 33.7 Å². The molecule has 2 aromatic rings. The minimum Gasteiger partial charge on any atom is -0.469 e. The summed E-state index contributed by atoms with van der Waals surface area (Å²) in [5, 5.41) is 12.0. The average Bonchev–Trinajstić information content (AvgIpc) is 3.50. The van der Waals surface area contributed by atoms with Crippen LogP contribution in [-0.4, -0.2) is 85.5 Å². The van der Waals surface area contributed by atoms with Crippen molar-refractivity contribution in [1.82, 2.24) is 25.8 Å². The molecule has 38 heavy (non-hydrogen) atoms. The zero-order valence-corrected chi connectivity index (χ0v) is 23.8. The van der Waals surface area contributed by atoms with Gasteiger partial charge >= 0.3 is 0 Å². The van der Waals surface area contributed by atoms with Crippen LogP contribution in [0.1, 0.15) is 37.0 Å². The first-order valence-corrected chi connectivity index (χ1v) is 14.0. The van der Waals surface area contributed by atoms with Crippen molar-refractivity contribution in [2.45, 2.75) is 58.3 Å². The van der Waals surface area contributed by atoms with E-state index >= 15 is 0 Å². The Morgan fingerprint density at radius 3 is 2.61 bits per heavy atom. The highest BCUT2D eigenvalue weighted by atomic mass is 32.1. The molecule has 0 radical (unpaired) electrons. The van der Waals surface area contributed by atoms with E-state index in [1.165, 1.54) is 10.4 Å². The summed E-state index contributed by atoms with van der Waals surface area (Å²) in [7, 11) is 4.11. The van der Waals surface area contributed by atoms with Crippen molar-refractivity contribution >= 4 is 35.2 Å². The van der Waals surface area contributed by atoms with E-state index in [2.05, 4.69) is 75.0 Å². The number of hydrogen-bond acceptors (Lipinski definition) is 10. The van der Waals surface area contributed by atoms with Crippen LogP contribution in [0.3, 0.4) is 0 Å². The number of aliphatic imine (C=N–C) groups is 4. The molecule has 12 heteroatoms. The van der Waals surface area contributed by atoms with Crippen LogP contribution in [0.5, 0.6) is 0 Å². The Morgan fingerprint density at radius 1 is 1.11 bits per heavy atom. The molecule has 2 aliphatic rings. The molecule has 11 nitrogen and oxygen atoms in total. The maximum absolute atomic E-state index is 5.85. The molecule has 0 bridgehead atoms. The van der Waals surface area contributed by atoms with E-state index in [1.54, 1.807) is 17.6 Å². The smallest absolute Gasteiger partial charge is 0.201 e. The quantitative estimate of drug-likeness (QED) is 0.402. The zero-order chi connectivity index (χ0) is 27.1. The molecule has 0 spiro atoms. The largest absolute Gasteiger partial charge is 0.469 e. The Labute approximate surface area is 229 Å². The molecule has 5 N–H and O–H groups in total. The van der Waals surface area contributed by atoms with Gasteiger partial charge in [0.05, 0.1) is 24.9 Å². The minimum atomic E-state index is 0.0704. The Morgan fingerprint density at radius 2 is 1.87 bits per heavy atom. The van der Waals surface area contributed by atoms with Gasteiger partial charge in [0.2, 0.25) is 11.9 Å². The van der Waals surface area contributed by atoms with Gasteiger partial charge in [0.15, 0.2) is 11.9 Å². The van der Waals surface area contributed by atoms with Crippen LogP contribution in [0, 0.1) is 0 Å². The first kappa shape index (κ1) is 27.5. The summed E-state index contributed by atoms with van der Waals surface area (Å²) in [6.07, 6.45) is 3.38. The molecular formula is C26H40N10OS. The highest BCUT2D eigenvalue weighted by molar-refractivity contribution is 7.10. The molecule has 2 aromatic heterocycles. The number of guanidine groups is 4. The van der Waals surface area contributed by atoms with Crippen molar-refractivity contribution in [3.05, 3.63) is 46.0 Å². The number of nitrogens with two attached hydrogens (primary N) is 1. The van der Waals surface area contributed by atoms with E-state index < -0.39 is 0 Å². The monoisotopic (exact) mass is 540 g/mol. The highest BCUT2D eigenvalue weighted by Gasteiger charge is 2.22. The number of rotatable bonds is 8. The molecule has 0 aliphatic carbocycles. The summed E-state index contributed by atoms with van der Waals surface area (Å²) in [6, 6.07) is 6.51. The predicted octanol–water partition coefficient (Wildman–Crippen LogP) is 1.83. The summed E-state index contributed by atoms with van der Waals surface area (Å²) >= 11 is 1.76. The number of nitrogens with zero attached hydrogens (tertiary/aromatic N) is 6. The van der Waals surface area contributed by atoms with E-state index in [0.717, 1.165) is 43.6 Å². The predicted molar refractivity (Wildman–Crippen MR) is 156 cm³/mol. The lowest BCUT2D eigenvalue weighted by Gasteiger charge is -2.26. The molecule has 0 saturated heterocycles. The number of furan rings is 1. The van der Waals surface area contributed by atoms with Crippen LogP contribution in [0.25, 0.3) is 0 Å². The van der Waals surface area contributed by atoms with Gasteiger partial charge in [0.25, 0.3) is 0 Å². The molecule has 0 aromatic carbocycles. The maximum atomic E-state index is 5.85. The van der Waals surface area contributed by atoms with E-state index in [4.69, 9.17) is 20.1 Å². The topological polar surface area (TPSA) is 131 Å². The van der Waals surface area contributed by atoms with Crippen LogP contribution < -0.4 is 21.7 Å². The van der Waals surface area contributed by atoms with Gasteiger partial charge in [-0.05, 0) is 49.9 Å². The number of hydrogen-bond donors (Lipinski definition) is 4. The first-order valence-electron chi connectivity index (χ1n) is 13.1. The molecule has 206 valence electrons. The Hall–Kier alpha value is -3.54. The Kier molecular flexibility index (Phi) is 9.27. The second-order valence-electron chi connectivity index (χ2n) is 9.92. The average molecular weight is 541 g/mol. The summed E-state index contributed by atoms with van der Waals surface area (Å²) < 4.78 is 5.49. The summed E-state index contributed by atoms with van der Waals surface area (Å²) in [5.41, 5.74) is 7.10. The summed E-state index contributed by atoms with van der Waals surface area (Å²) in [6.45, 7) is 9.11. The molecule has 3 atom stereocenters. The van der Waals surface area contributed by atoms with Gasteiger partial charge in [0.1, 0.15) is 5.76 Å². The number of thiophene rings is 1. The fourth-order valence-electron chi connectivity index (χ4n) is 4.06. The van der Waals surface area contributed by atoms with Crippen molar-refractivity contribution in [2.24, 2.45) is 25.7 Å². The summed E-state index contributed by atoms with van der Waals surface area (Å²) in [4.78, 5) is 24.3. The minimum absolute atomic E-state index is 0.0704. The summed E-state index contributed by atoms with van der Waals surface area (Å²) in [5.74, 6) is 3.69. The van der Waals surface area contributed by atoms with Crippen LogP contribution >= 0.6 is 11.3 Å². The standard InChI is InChI=1S/C26H40N10OS/c1-17-14-29-23(27)33-24(30-17)28-10-8-22-13-20(16-38-22)15-36(5)26-32-19(3)18(2)31-25(34-26)35(4)11-9-21-7-6-12-37-21/h6-7,12-13,16-19H,8-11,14-15H2,1-5H3,(H,31,32,34)(H4,27,28,29,30,33). The van der Waals surface area contributed by atoms with E-state index in [0.29, 0.717) is 25.0 Å². The highest BCUT2D eigenvalue weighted by Crippen LogP contribution is 2.18. The SMILES string of the molecule is CC1CN=C(N)NC(=NCCc2cc(CN(C)C3=NC(C)C(C)N=C(N(C)CCc4ccco4)N3)cs2)N1. The number of likely N-dealkylation sites (N-methyl/N-ethyl adjacent to an activating group) is 1. The molecule has 0 amide bonds. The van der Waals surface area contributed by atoms with Crippen LogP contribution in [0.15, 0.2) is 54.2 Å². The van der Waals surface area contributed by atoms with Gasteiger partial charge in [-0.2, -0.15) is 0 Å². The molecule has 0 saturated carbocycles. The van der Waals surface area contributed by atoms with E-state index in [9.17, 15) is 0 Å². The normalized spacial score (nSPS) is 22.7. The van der Waals surface area contributed by atoms with Gasteiger partial charge in [-0.1, -0.05) is 0 Å². The lowest BCUT2D eigenvalue weighted by molar-refractivity contribution is 0.439. The van der Waals surface area contributed by atoms with E-state index in [1.807, 2.05) is 19.2 Å². The maximum Gasteiger partial charge on any atom is 0.201 e. The van der Waals surface area contributed by atoms with Gasteiger partial charge < -0.3 is 25.3 Å². The molecular weight excluding hydrogens is 500 g/mol. The Bertz CT molecular complexity index is 1170. The lowest BCUT2D eigenvalue weighted by Crippen LogP contribution is -2.48. The molecule has 4 rings (SSSR count). The van der Waals surface area contributed by atoms with Crippen molar-refractivity contribution in [3.8, 4) is 0 Å². The van der Waals surface area contributed by atoms with E-state index in [-0.39, 0.29) is 18.1 Å². The lowest BCUT2D eigenvalue weighted by atomic mass is 10.2. The van der Waals surface area contributed by atoms with Gasteiger partial charge in [-0.25, -0.2) is 9.98 Å². The van der Waals surface area contributed by atoms with Gasteiger partial charge in [-0.3, -0.25) is 20.6 Å². The van der Waals surface area contributed by atoms with Gasteiger partial charge in [0, 0.05) is 57.5 Å². The molecule has 2 aliphatic heterocycles. The first-order chi connectivity index (χ1) is 18.3. The second-order valence-corrected chi connectivity index (χ2v) is 10.9. The third-order valence-electron chi connectivity index (χ3n) is 6.49. The Balaban J connectivity index is 1.33. The van der Waals surface area contributed by atoms with Crippen molar-refractivity contribution in [1.29, 1.82) is 0 Å². The fourth-order valence-corrected chi connectivity index (χ4v) is 4.93. The molecule has 3 unspecified atom stereocenters. The third kappa shape index (κ3) is 7.73. The van der Waals surface area contributed by atoms with Crippen molar-refractivity contribution < 1.29 is 4.42 Å². The number of nitrogens with one attached hydrogen (secondary N) is 3. The second kappa shape index (κ2) is 12.8. The molecule has 0 fully saturated rings. The third-order valence-corrected chi connectivity index (χ3v) is 7.54. The van der Waals surface area contributed by atoms with Crippen molar-refractivity contribution in [3.63, 3.8) is 0 Å².